The van der Waals surface area contributed by atoms with Gasteiger partial charge in [0.25, 0.3) is 11.8 Å². The van der Waals surface area contributed by atoms with Gasteiger partial charge in [-0.05, 0) is 36.6 Å². The van der Waals surface area contributed by atoms with E-state index in [4.69, 9.17) is 5.73 Å². The number of carbonyl (C=O) groups excluding carboxylic acids is 2. The number of nitrogens with two attached hydrogens (primary N) is 1. The molecule has 6 rings (SSSR count). The van der Waals surface area contributed by atoms with Crippen LogP contribution in [-0.2, 0) is 11.3 Å². The van der Waals surface area contributed by atoms with Crippen molar-refractivity contribution in [3.8, 4) is 11.3 Å². The molecule has 2 saturated heterocycles. The number of likely N-dealkylation sites (tertiary alicyclic amines) is 2. The molecule has 1 aliphatic carbocycles. The number of aromatic nitrogens is 3. The molecule has 3 N–H and O–H groups in total. The summed E-state index contributed by atoms with van der Waals surface area (Å²) in [5.41, 5.74) is 8.93. The topological polar surface area (TPSA) is 109 Å². The third-order valence-electron chi connectivity index (χ3n) is 7.72. The van der Waals surface area contributed by atoms with E-state index in [0.29, 0.717) is 27.9 Å². The van der Waals surface area contributed by atoms with Crippen molar-refractivity contribution in [2.75, 3.05) is 31.9 Å². The summed E-state index contributed by atoms with van der Waals surface area (Å²) in [6.45, 7) is -0.261. The molecule has 12 heteroatoms. The molecule has 2 amide bonds. The largest absolute Gasteiger partial charge is 0.382 e. The van der Waals surface area contributed by atoms with Crippen LogP contribution < -0.4 is 11.1 Å². The molecule has 0 spiro atoms. The summed E-state index contributed by atoms with van der Waals surface area (Å²) in [4.78, 5) is 32.8. The highest BCUT2D eigenvalue weighted by atomic mass is 19.3. The van der Waals surface area contributed by atoms with E-state index >= 15 is 0 Å². The van der Waals surface area contributed by atoms with Gasteiger partial charge >= 0.3 is 0 Å². The minimum Gasteiger partial charge on any atom is -0.382 e. The predicted molar refractivity (Wildman–Crippen MR) is 133 cm³/mol. The third kappa shape index (κ3) is 4.46. The lowest BCUT2D eigenvalue weighted by molar-refractivity contribution is -0.137. The van der Waals surface area contributed by atoms with Gasteiger partial charge in [0.05, 0.1) is 31.4 Å². The average Bonchev–Trinajstić information content (AvgIpc) is 3.38. The Kier molecular flexibility index (Phi) is 6.01. The summed E-state index contributed by atoms with van der Waals surface area (Å²) < 4.78 is 43.1. The van der Waals surface area contributed by atoms with Gasteiger partial charge in [-0.15, -0.1) is 0 Å². The molecule has 3 fully saturated rings. The minimum atomic E-state index is -2.69. The Morgan fingerprint density at radius 2 is 1.95 bits per heavy atom. The number of anilines is 1. The van der Waals surface area contributed by atoms with Gasteiger partial charge in [-0.2, -0.15) is 5.10 Å². The van der Waals surface area contributed by atoms with E-state index in [9.17, 15) is 22.8 Å². The molecule has 200 valence electrons. The number of halogens is 3. The average molecular weight is 528 g/mol. The first-order valence-electron chi connectivity index (χ1n) is 12.7. The number of fused-ring (bicyclic) bond motifs is 1. The van der Waals surface area contributed by atoms with Gasteiger partial charge in [-0.25, -0.2) is 22.7 Å². The molecule has 2 aromatic heterocycles. The second-order valence-corrected chi connectivity index (χ2v) is 10.5. The fourth-order valence-corrected chi connectivity index (χ4v) is 5.50. The molecule has 0 radical (unpaired) electrons. The number of nitrogen functional groups attached to an aromatic ring is 1. The molecule has 2 atom stereocenters. The minimum absolute atomic E-state index is 0.0106. The Labute approximate surface area is 216 Å². The van der Waals surface area contributed by atoms with E-state index in [2.05, 4.69) is 15.4 Å². The number of alkyl halides is 3. The lowest BCUT2D eigenvalue weighted by atomic mass is 9.84. The van der Waals surface area contributed by atoms with Gasteiger partial charge in [-0.1, -0.05) is 18.6 Å². The standard InChI is InChI=1S/C26H28F3N7O2/c27-19-10-35(25(38)15-3-1-4-15)11-20(19)33-24(37)17-6-2-5-16(7-17)21-8-18(9-34-12-26(28,29)13-34)22-23(30)31-14-32-36(21)22/h2,5-8,14-15,19-20H,1,3-4,9-13H2,(H,33,37)(H2,30,31,32)/t19-,20+/m0/s1. The first-order chi connectivity index (χ1) is 18.2. The number of nitrogens with one attached hydrogen (secondary N) is 1. The SMILES string of the molecule is Nc1ncnn2c(-c3cccc(C(=O)N[C@@H]4CN(C(=O)C5CCC5)C[C@@H]4F)c3)cc(CN3CC(F)(F)C3)c12. The Bertz CT molecular complexity index is 1400. The van der Waals surface area contributed by atoms with Crippen molar-refractivity contribution in [3.63, 3.8) is 0 Å². The monoisotopic (exact) mass is 527 g/mol. The number of carbonyl (C=O) groups is 2. The van der Waals surface area contributed by atoms with Crippen molar-refractivity contribution >= 4 is 23.1 Å². The number of amides is 2. The van der Waals surface area contributed by atoms with Crippen LogP contribution >= 0.6 is 0 Å². The van der Waals surface area contributed by atoms with Gasteiger partial charge < -0.3 is 16.0 Å². The van der Waals surface area contributed by atoms with E-state index in [1.807, 2.05) is 6.07 Å². The summed E-state index contributed by atoms with van der Waals surface area (Å²) in [7, 11) is 0. The first kappa shape index (κ1) is 24.7. The second-order valence-electron chi connectivity index (χ2n) is 10.5. The third-order valence-corrected chi connectivity index (χ3v) is 7.72. The van der Waals surface area contributed by atoms with E-state index in [0.717, 1.165) is 19.3 Å². The zero-order chi connectivity index (χ0) is 26.6. The Balaban J connectivity index is 1.22. The first-order valence-corrected chi connectivity index (χ1v) is 12.7. The molecule has 1 saturated carbocycles. The molecule has 3 aromatic rings. The molecule has 0 bridgehead atoms. The lowest BCUT2D eigenvalue weighted by Gasteiger charge is -2.38. The van der Waals surface area contributed by atoms with Crippen LogP contribution in [0.15, 0.2) is 36.7 Å². The second kappa shape index (κ2) is 9.26. The van der Waals surface area contributed by atoms with Gasteiger partial charge in [0.2, 0.25) is 5.91 Å². The van der Waals surface area contributed by atoms with E-state index < -0.39 is 24.0 Å². The van der Waals surface area contributed by atoms with Crippen molar-refractivity contribution < 1.29 is 22.8 Å². The number of hydrogen-bond donors (Lipinski definition) is 2. The van der Waals surface area contributed by atoms with Gasteiger partial charge in [0.15, 0.2) is 5.82 Å². The lowest BCUT2D eigenvalue weighted by Crippen LogP contribution is -2.55. The summed E-state index contributed by atoms with van der Waals surface area (Å²) in [6.07, 6.45) is 2.67. The zero-order valence-electron chi connectivity index (χ0n) is 20.6. The highest BCUT2D eigenvalue weighted by molar-refractivity contribution is 5.96. The molecule has 3 aliphatic rings. The van der Waals surface area contributed by atoms with Gasteiger partial charge in [0.1, 0.15) is 18.0 Å². The fraction of sp³-hybridized carbons (Fsp3) is 0.462. The van der Waals surface area contributed by atoms with Gasteiger partial charge in [-0.3, -0.25) is 14.5 Å². The number of hydrogen-bond acceptors (Lipinski definition) is 6. The van der Waals surface area contributed by atoms with Crippen molar-refractivity contribution in [3.05, 3.63) is 47.8 Å². The summed E-state index contributed by atoms with van der Waals surface area (Å²) >= 11 is 0. The van der Waals surface area contributed by atoms with E-state index in [-0.39, 0.29) is 50.4 Å². The fourth-order valence-electron chi connectivity index (χ4n) is 5.50. The highest BCUT2D eigenvalue weighted by Crippen LogP contribution is 2.33. The summed E-state index contributed by atoms with van der Waals surface area (Å²) in [5.74, 6) is -2.97. The van der Waals surface area contributed by atoms with Gasteiger partial charge in [0, 0.05) is 30.1 Å². The number of nitrogens with zero attached hydrogens (tertiary/aromatic N) is 5. The van der Waals surface area contributed by atoms with Crippen LogP contribution in [-0.4, -0.2) is 80.5 Å². The molecular weight excluding hydrogens is 499 g/mol. The van der Waals surface area contributed by atoms with Crippen molar-refractivity contribution in [1.29, 1.82) is 0 Å². The van der Waals surface area contributed by atoms with Crippen LogP contribution in [0, 0.1) is 5.92 Å². The maximum atomic E-state index is 14.7. The van der Waals surface area contributed by atoms with Crippen LogP contribution in [0.4, 0.5) is 19.0 Å². The van der Waals surface area contributed by atoms with Crippen LogP contribution in [0.3, 0.4) is 0 Å². The summed E-state index contributed by atoms with van der Waals surface area (Å²) in [6, 6.07) is 7.82. The van der Waals surface area contributed by atoms with Crippen LogP contribution in [0.1, 0.15) is 35.2 Å². The molecule has 4 heterocycles. The molecular formula is C26H28F3N7O2. The number of rotatable bonds is 6. The smallest absolute Gasteiger partial charge is 0.272 e. The zero-order valence-corrected chi connectivity index (χ0v) is 20.6. The molecule has 1 aromatic carbocycles. The Hall–Kier alpha value is -3.67. The van der Waals surface area contributed by atoms with Crippen molar-refractivity contribution in [1.82, 2.24) is 29.7 Å². The predicted octanol–water partition coefficient (Wildman–Crippen LogP) is 2.51. The van der Waals surface area contributed by atoms with Crippen LogP contribution in [0.2, 0.25) is 0 Å². The Morgan fingerprint density at radius 1 is 1.16 bits per heavy atom. The quantitative estimate of drug-likeness (QED) is 0.510. The Morgan fingerprint density at radius 3 is 2.66 bits per heavy atom. The molecule has 38 heavy (non-hydrogen) atoms. The highest BCUT2D eigenvalue weighted by Gasteiger charge is 2.44. The van der Waals surface area contributed by atoms with Crippen LogP contribution in [0.25, 0.3) is 16.8 Å². The van der Waals surface area contributed by atoms with E-state index in [1.54, 1.807) is 33.7 Å². The van der Waals surface area contributed by atoms with Crippen molar-refractivity contribution in [2.45, 2.75) is 43.9 Å². The summed E-state index contributed by atoms with van der Waals surface area (Å²) in [5, 5.41) is 7.05. The molecule has 0 unspecified atom stereocenters. The molecule has 2 aliphatic heterocycles. The van der Waals surface area contributed by atoms with Crippen LogP contribution in [0.5, 0.6) is 0 Å². The van der Waals surface area contributed by atoms with E-state index in [1.165, 1.54) is 11.2 Å². The maximum Gasteiger partial charge on any atom is 0.272 e. The molecule has 9 nitrogen and oxygen atoms in total. The normalized spacial score (nSPS) is 23.3. The van der Waals surface area contributed by atoms with Crippen molar-refractivity contribution in [2.24, 2.45) is 5.92 Å². The number of benzene rings is 1. The maximum absolute atomic E-state index is 14.7.